The lowest BCUT2D eigenvalue weighted by Crippen LogP contribution is -2.35. The number of nitrogens with one attached hydrogen (secondary N) is 1. The van der Waals surface area contributed by atoms with Gasteiger partial charge in [-0.3, -0.25) is 4.79 Å². The van der Waals surface area contributed by atoms with Gasteiger partial charge in [0.25, 0.3) is 0 Å². The fraction of sp³-hybridized carbons (Fsp3) is 0.111. The molecule has 0 bridgehead atoms. The number of anilines is 2. The summed E-state index contributed by atoms with van der Waals surface area (Å²) < 4.78 is 0. The predicted octanol–water partition coefficient (Wildman–Crippen LogP) is 2.71. The number of nitrogen functional groups attached to an aromatic ring is 1. The zero-order valence-corrected chi connectivity index (χ0v) is 14.4. The van der Waals surface area contributed by atoms with Crippen LogP contribution in [-0.2, 0) is 4.79 Å². The lowest BCUT2D eigenvalue weighted by Gasteiger charge is -2.11. The first-order chi connectivity index (χ1) is 12.5. The van der Waals surface area contributed by atoms with E-state index in [-0.39, 0.29) is 12.4 Å². The molecule has 3 aromatic rings. The third-order valence-electron chi connectivity index (χ3n) is 3.73. The van der Waals surface area contributed by atoms with Crippen LogP contribution in [0.5, 0.6) is 0 Å². The molecule has 2 aromatic carbocycles. The normalized spacial score (nSPS) is 11.7. The maximum Gasteiger partial charge on any atom is 0.242 e. The van der Waals surface area contributed by atoms with Gasteiger partial charge in [0.05, 0.1) is 29.7 Å². The zero-order chi connectivity index (χ0) is 18.7. The smallest absolute Gasteiger partial charge is 0.242 e. The van der Waals surface area contributed by atoms with Crippen molar-refractivity contribution in [2.75, 3.05) is 11.1 Å². The van der Waals surface area contributed by atoms with E-state index in [2.05, 4.69) is 15.3 Å². The quantitative estimate of drug-likeness (QED) is 0.650. The monoisotopic (exact) mass is 366 g/mol. The summed E-state index contributed by atoms with van der Waals surface area (Å²) in [5, 5.41) is 12.6. The fourth-order valence-corrected chi connectivity index (χ4v) is 2.68. The van der Waals surface area contributed by atoms with Crippen LogP contribution in [0.25, 0.3) is 22.2 Å². The molecular formula is C18H15ClN6O. The second-order valence-corrected chi connectivity index (χ2v) is 6.07. The summed E-state index contributed by atoms with van der Waals surface area (Å²) in [6, 6.07) is 13.3. The van der Waals surface area contributed by atoms with Crippen molar-refractivity contribution in [2.45, 2.75) is 12.5 Å². The van der Waals surface area contributed by atoms with E-state index in [4.69, 9.17) is 28.3 Å². The van der Waals surface area contributed by atoms with Crippen LogP contribution in [0, 0.1) is 11.3 Å². The molecule has 5 N–H and O–H groups in total. The highest BCUT2D eigenvalue weighted by atomic mass is 35.5. The largest absolute Gasteiger partial charge is 0.368 e. The maximum absolute atomic E-state index is 12.0. The molecular weight excluding hydrogens is 352 g/mol. The molecule has 7 nitrogen and oxygen atoms in total. The number of nitrogens with zero attached hydrogens (tertiary/aromatic N) is 3. The number of amides is 1. The molecule has 26 heavy (non-hydrogen) atoms. The Morgan fingerprint density at radius 3 is 2.85 bits per heavy atom. The Labute approximate surface area is 154 Å². The van der Waals surface area contributed by atoms with Crippen LogP contribution in [0.3, 0.4) is 0 Å². The van der Waals surface area contributed by atoms with Gasteiger partial charge in [0.15, 0.2) is 0 Å². The first-order valence-electron chi connectivity index (χ1n) is 7.74. The molecule has 0 fully saturated rings. The number of nitrogens with two attached hydrogens (primary N) is 2. The first-order valence-corrected chi connectivity index (χ1v) is 8.12. The number of hydrogen-bond donors (Lipinski definition) is 3. The molecule has 0 aliphatic carbocycles. The van der Waals surface area contributed by atoms with Gasteiger partial charge >= 0.3 is 0 Å². The van der Waals surface area contributed by atoms with Crippen LogP contribution >= 0.6 is 11.6 Å². The molecule has 0 spiro atoms. The number of aromatic nitrogens is 2. The van der Waals surface area contributed by atoms with Gasteiger partial charge in [0.2, 0.25) is 11.9 Å². The number of nitriles is 1. The Kier molecular flexibility index (Phi) is 4.98. The molecule has 0 radical (unpaired) electrons. The molecule has 1 heterocycles. The van der Waals surface area contributed by atoms with Crippen LogP contribution in [-0.4, -0.2) is 21.9 Å². The number of rotatable bonds is 4. The van der Waals surface area contributed by atoms with Crippen molar-refractivity contribution in [1.29, 1.82) is 5.26 Å². The third kappa shape index (κ3) is 3.72. The summed E-state index contributed by atoms with van der Waals surface area (Å²) in [5.74, 6) is -0.292. The van der Waals surface area contributed by atoms with Gasteiger partial charge in [-0.25, -0.2) is 9.97 Å². The molecule has 0 unspecified atom stereocenters. The maximum atomic E-state index is 12.0. The van der Waals surface area contributed by atoms with Gasteiger partial charge in [0, 0.05) is 21.7 Å². The van der Waals surface area contributed by atoms with E-state index >= 15 is 0 Å². The van der Waals surface area contributed by atoms with Crippen molar-refractivity contribution < 1.29 is 4.79 Å². The minimum absolute atomic E-state index is 0.0584. The number of halogens is 1. The summed E-state index contributed by atoms with van der Waals surface area (Å²) in [7, 11) is 0. The van der Waals surface area contributed by atoms with E-state index in [0.717, 1.165) is 10.9 Å². The van der Waals surface area contributed by atoms with E-state index in [1.165, 1.54) is 0 Å². The highest BCUT2D eigenvalue weighted by Gasteiger charge is 2.14. The van der Waals surface area contributed by atoms with E-state index in [9.17, 15) is 4.79 Å². The van der Waals surface area contributed by atoms with Crippen LogP contribution in [0.1, 0.15) is 6.42 Å². The minimum atomic E-state index is -0.891. The molecule has 1 atom stereocenters. The highest BCUT2D eigenvalue weighted by Crippen LogP contribution is 2.30. The van der Waals surface area contributed by atoms with E-state index in [1.54, 1.807) is 36.4 Å². The van der Waals surface area contributed by atoms with E-state index in [1.807, 2.05) is 12.1 Å². The average molecular weight is 367 g/mol. The number of benzene rings is 2. The second-order valence-electron chi connectivity index (χ2n) is 5.63. The topological polar surface area (TPSA) is 131 Å². The minimum Gasteiger partial charge on any atom is -0.368 e. The summed E-state index contributed by atoms with van der Waals surface area (Å²) in [4.78, 5) is 20.5. The van der Waals surface area contributed by atoms with Gasteiger partial charge in [-0.05, 0) is 30.3 Å². The SMILES string of the molecule is N#CC[C@H](N)C(=O)Nc1cccc(-c2nc(N)nc3ccc(Cl)cc23)c1. The molecule has 3 rings (SSSR count). The molecule has 0 aliphatic heterocycles. The summed E-state index contributed by atoms with van der Waals surface area (Å²) in [6.07, 6.45) is -0.0584. The number of carbonyl (C=O) groups is 1. The van der Waals surface area contributed by atoms with Gasteiger partial charge in [-0.1, -0.05) is 23.7 Å². The fourth-order valence-electron chi connectivity index (χ4n) is 2.51. The molecule has 130 valence electrons. The highest BCUT2D eigenvalue weighted by molar-refractivity contribution is 6.31. The standard InChI is InChI=1S/C18H15ClN6O/c19-11-4-5-15-13(9-11)16(25-18(22)24-15)10-2-1-3-12(8-10)23-17(26)14(21)6-7-20/h1-5,8-9,14H,6,21H2,(H,23,26)(H2,22,24,25)/t14-/m0/s1. The Morgan fingerprint density at radius 1 is 1.27 bits per heavy atom. The Morgan fingerprint density at radius 2 is 2.08 bits per heavy atom. The van der Waals surface area contributed by atoms with Crippen molar-refractivity contribution >= 4 is 40.0 Å². The van der Waals surface area contributed by atoms with Crippen LogP contribution in [0.2, 0.25) is 5.02 Å². The van der Waals surface area contributed by atoms with Crippen LogP contribution in [0.4, 0.5) is 11.6 Å². The van der Waals surface area contributed by atoms with Gasteiger partial charge in [0.1, 0.15) is 0 Å². The lowest BCUT2D eigenvalue weighted by atomic mass is 10.1. The molecule has 1 aromatic heterocycles. The molecule has 0 saturated heterocycles. The summed E-state index contributed by atoms with van der Waals surface area (Å²) >= 11 is 6.10. The molecule has 0 aliphatic rings. The Hall–Kier alpha value is -3.21. The van der Waals surface area contributed by atoms with Gasteiger partial charge in [-0.15, -0.1) is 0 Å². The zero-order valence-electron chi connectivity index (χ0n) is 13.6. The Bertz CT molecular complexity index is 1030. The van der Waals surface area contributed by atoms with Crippen molar-refractivity contribution in [3.8, 4) is 17.3 Å². The van der Waals surface area contributed by atoms with E-state index < -0.39 is 11.9 Å². The van der Waals surface area contributed by atoms with Crippen LogP contribution in [0.15, 0.2) is 42.5 Å². The van der Waals surface area contributed by atoms with Gasteiger partial charge in [-0.2, -0.15) is 5.26 Å². The first kappa shape index (κ1) is 17.6. The second kappa shape index (κ2) is 7.35. The number of carbonyl (C=O) groups excluding carboxylic acids is 1. The van der Waals surface area contributed by atoms with Crippen LogP contribution < -0.4 is 16.8 Å². The number of hydrogen-bond acceptors (Lipinski definition) is 6. The number of fused-ring (bicyclic) bond motifs is 1. The van der Waals surface area contributed by atoms with Crippen molar-refractivity contribution in [1.82, 2.24) is 9.97 Å². The predicted molar refractivity (Wildman–Crippen MR) is 101 cm³/mol. The molecule has 8 heteroatoms. The average Bonchev–Trinajstić information content (AvgIpc) is 2.62. The molecule has 0 saturated carbocycles. The lowest BCUT2D eigenvalue weighted by molar-refractivity contribution is -0.117. The van der Waals surface area contributed by atoms with E-state index in [0.29, 0.717) is 21.9 Å². The third-order valence-corrected chi connectivity index (χ3v) is 3.96. The van der Waals surface area contributed by atoms with Gasteiger partial charge < -0.3 is 16.8 Å². The Balaban J connectivity index is 2.01. The van der Waals surface area contributed by atoms with Crippen molar-refractivity contribution in [3.63, 3.8) is 0 Å². The summed E-state index contributed by atoms with van der Waals surface area (Å²) in [5.41, 5.74) is 14.0. The van der Waals surface area contributed by atoms with Crippen molar-refractivity contribution in [2.24, 2.45) is 5.73 Å². The van der Waals surface area contributed by atoms with Crippen molar-refractivity contribution in [3.05, 3.63) is 47.5 Å². The molecule has 1 amide bonds. The summed E-state index contributed by atoms with van der Waals surface area (Å²) in [6.45, 7) is 0.